The minimum absolute atomic E-state index is 0.0385. The Balaban J connectivity index is 1.66. The summed E-state index contributed by atoms with van der Waals surface area (Å²) >= 11 is 0. The van der Waals surface area contributed by atoms with Gasteiger partial charge in [0.1, 0.15) is 5.82 Å². The van der Waals surface area contributed by atoms with Gasteiger partial charge in [-0.15, -0.1) is 0 Å². The van der Waals surface area contributed by atoms with E-state index in [0.29, 0.717) is 18.4 Å². The van der Waals surface area contributed by atoms with Crippen LogP contribution in [-0.2, 0) is 12.0 Å². The number of nitrogens with zero attached hydrogens (tertiary/aromatic N) is 6. The lowest BCUT2D eigenvalue weighted by molar-refractivity contribution is 0.328. The molecule has 0 bridgehead atoms. The Morgan fingerprint density at radius 1 is 1.20 bits per heavy atom. The summed E-state index contributed by atoms with van der Waals surface area (Å²) < 4.78 is 1.60. The van der Waals surface area contributed by atoms with E-state index in [1.807, 2.05) is 31.1 Å². The topological polar surface area (TPSA) is 67.2 Å². The third kappa shape index (κ3) is 3.81. The summed E-state index contributed by atoms with van der Waals surface area (Å²) in [6.45, 7) is 8.70. The minimum Gasteiger partial charge on any atom is -0.356 e. The zero-order chi connectivity index (χ0) is 18.2. The average molecular weight is 342 g/mol. The van der Waals surface area contributed by atoms with Gasteiger partial charge in [-0.25, -0.2) is 9.67 Å². The molecule has 3 heterocycles. The van der Waals surface area contributed by atoms with Crippen molar-refractivity contribution >= 4 is 11.8 Å². The Kier molecular flexibility index (Phi) is 4.49. The zero-order valence-electron chi connectivity index (χ0n) is 15.6. The number of anilines is 2. The highest BCUT2D eigenvalue weighted by Crippen LogP contribution is 2.24. The van der Waals surface area contributed by atoms with Gasteiger partial charge in [0, 0.05) is 50.8 Å². The quantitative estimate of drug-likeness (QED) is 0.839. The van der Waals surface area contributed by atoms with E-state index in [1.54, 1.807) is 16.9 Å². The van der Waals surface area contributed by atoms with Gasteiger partial charge < -0.3 is 9.80 Å². The summed E-state index contributed by atoms with van der Waals surface area (Å²) in [5, 5.41) is 4.55. The van der Waals surface area contributed by atoms with Gasteiger partial charge in [-0.1, -0.05) is 20.8 Å². The molecule has 3 rings (SSSR count). The Morgan fingerprint density at radius 3 is 2.56 bits per heavy atom. The van der Waals surface area contributed by atoms with E-state index in [0.717, 1.165) is 24.6 Å². The maximum absolute atomic E-state index is 12.1. The lowest BCUT2D eigenvalue weighted by Gasteiger charge is -2.40. The Morgan fingerprint density at radius 2 is 1.92 bits per heavy atom. The largest absolute Gasteiger partial charge is 0.356 e. The number of aromatic nitrogens is 4. The Labute approximate surface area is 148 Å². The van der Waals surface area contributed by atoms with Crippen molar-refractivity contribution in [1.29, 1.82) is 0 Å². The van der Waals surface area contributed by atoms with Gasteiger partial charge in [-0.05, 0) is 12.1 Å². The minimum atomic E-state index is -0.0648. The summed E-state index contributed by atoms with van der Waals surface area (Å²) in [5.74, 6) is 2.04. The van der Waals surface area contributed by atoms with Gasteiger partial charge in [-0.2, -0.15) is 10.1 Å². The van der Waals surface area contributed by atoms with Crippen molar-refractivity contribution in [2.24, 2.45) is 5.92 Å². The third-order valence-corrected chi connectivity index (χ3v) is 4.38. The lowest BCUT2D eigenvalue weighted by Crippen LogP contribution is -2.50. The first kappa shape index (κ1) is 17.4. The summed E-state index contributed by atoms with van der Waals surface area (Å²) in [7, 11) is 3.86. The summed E-state index contributed by atoms with van der Waals surface area (Å²) in [5.41, 5.74) is 0.836. The molecule has 1 saturated heterocycles. The van der Waals surface area contributed by atoms with E-state index in [-0.39, 0.29) is 11.0 Å². The molecular formula is C18H26N6O. The molecule has 2 aromatic heterocycles. The summed E-state index contributed by atoms with van der Waals surface area (Å²) in [6.07, 6.45) is 1.78. The molecule has 2 aromatic rings. The molecule has 0 amide bonds. The zero-order valence-corrected chi connectivity index (χ0v) is 15.6. The molecule has 1 fully saturated rings. The molecule has 1 aliphatic rings. The van der Waals surface area contributed by atoms with Gasteiger partial charge in [-0.3, -0.25) is 4.79 Å². The Bertz CT molecular complexity index is 802. The molecule has 0 unspecified atom stereocenters. The highest BCUT2D eigenvalue weighted by atomic mass is 16.1. The van der Waals surface area contributed by atoms with Crippen LogP contribution < -0.4 is 15.4 Å². The fraction of sp³-hybridized carbons (Fsp3) is 0.556. The predicted octanol–water partition coefficient (Wildman–Crippen LogP) is 1.53. The Hall–Kier alpha value is -2.44. The van der Waals surface area contributed by atoms with Crippen LogP contribution in [0.2, 0.25) is 0 Å². The SMILES string of the molecule is CN(C)c1nccc(N2CC(Cn3nc(C(C)(C)C)ccc3=O)C2)n1. The van der Waals surface area contributed by atoms with Crippen LogP contribution in [-0.4, -0.2) is 46.9 Å². The molecule has 7 heteroatoms. The van der Waals surface area contributed by atoms with Crippen molar-refractivity contribution in [3.8, 4) is 0 Å². The molecule has 0 aliphatic carbocycles. The molecule has 1 aliphatic heterocycles. The van der Waals surface area contributed by atoms with Crippen molar-refractivity contribution in [2.45, 2.75) is 32.7 Å². The van der Waals surface area contributed by atoms with E-state index in [1.165, 1.54) is 0 Å². The fourth-order valence-electron chi connectivity index (χ4n) is 2.83. The van der Waals surface area contributed by atoms with Gasteiger partial charge in [0.2, 0.25) is 5.95 Å². The van der Waals surface area contributed by atoms with Gasteiger partial charge in [0.05, 0.1) is 12.2 Å². The fourth-order valence-corrected chi connectivity index (χ4v) is 2.83. The van der Waals surface area contributed by atoms with E-state index < -0.39 is 0 Å². The van der Waals surface area contributed by atoms with E-state index >= 15 is 0 Å². The summed E-state index contributed by atoms with van der Waals surface area (Å²) in [4.78, 5) is 25.0. The molecule has 0 N–H and O–H groups in total. The molecule has 0 spiro atoms. The number of rotatable bonds is 4. The monoisotopic (exact) mass is 342 g/mol. The van der Waals surface area contributed by atoms with Gasteiger partial charge in [0.25, 0.3) is 5.56 Å². The first-order valence-electron chi connectivity index (χ1n) is 8.58. The smallest absolute Gasteiger partial charge is 0.266 e. The number of hydrogen-bond acceptors (Lipinski definition) is 6. The van der Waals surface area contributed by atoms with Crippen LogP contribution in [0.15, 0.2) is 29.2 Å². The second-order valence-corrected chi connectivity index (χ2v) is 7.87. The van der Waals surface area contributed by atoms with Gasteiger partial charge >= 0.3 is 0 Å². The van der Waals surface area contributed by atoms with E-state index in [2.05, 4.69) is 40.7 Å². The van der Waals surface area contributed by atoms with Crippen LogP contribution in [0.3, 0.4) is 0 Å². The van der Waals surface area contributed by atoms with Crippen LogP contribution in [0, 0.1) is 5.92 Å². The first-order valence-corrected chi connectivity index (χ1v) is 8.58. The maximum Gasteiger partial charge on any atom is 0.266 e. The van der Waals surface area contributed by atoms with Crippen LogP contribution in [0.25, 0.3) is 0 Å². The van der Waals surface area contributed by atoms with Crippen molar-refractivity contribution in [3.63, 3.8) is 0 Å². The van der Waals surface area contributed by atoms with Crippen molar-refractivity contribution in [3.05, 3.63) is 40.4 Å². The lowest BCUT2D eigenvalue weighted by atomic mass is 9.92. The first-order chi connectivity index (χ1) is 11.7. The van der Waals surface area contributed by atoms with Crippen LogP contribution in [0.1, 0.15) is 26.5 Å². The molecule has 0 aromatic carbocycles. The highest BCUT2D eigenvalue weighted by Gasteiger charge is 2.29. The van der Waals surface area contributed by atoms with E-state index in [9.17, 15) is 4.79 Å². The normalized spacial score (nSPS) is 15.2. The molecule has 7 nitrogen and oxygen atoms in total. The molecule has 134 valence electrons. The second kappa shape index (κ2) is 6.46. The van der Waals surface area contributed by atoms with Crippen molar-refractivity contribution in [2.75, 3.05) is 37.0 Å². The highest BCUT2D eigenvalue weighted by molar-refractivity contribution is 5.45. The van der Waals surface area contributed by atoms with E-state index in [4.69, 9.17) is 0 Å². The average Bonchev–Trinajstić information content (AvgIpc) is 2.51. The second-order valence-electron chi connectivity index (χ2n) is 7.87. The maximum atomic E-state index is 12.1. The number of hydrogen-bond donors (Lipinski definition) is 0. The molecule has 25 heavy (non-hydrogen) atoms. The predicted molar refractivity (Wildman–Crippen MR) is 99.3 cm³/mol. The molecular weight excluding hydrogens is 316 g/mol. The van der Waals surface area contributed by atoms with Crippen LogP contribution in [0.5, 0.6) is 0 Å². The molecule has 0 saturated carbocycles. The summed E-state index contributed by atoms with van der Waals surface area (Å²) in [6, 6.07) is 5.38. The molecule has 0 radical (unpaired) electrons. The van der Waals surface area contributed by atoms with Crippen LogP contribution in [0.4, 0.5) is 11.8 Å². The van der Waals surface area contributed by atoms with Crippen molar-refractivity contribution < 1.29 is 0 Å². The van der Waals surface area contributed by atoms with Crippen molar-refractivity contribution in [1.82, 2.24) is 19.7 Å². The van der Waals surface area contributed by atoms with Gasteiger partial charge in [0.15, 0.2) is 0 Å². The standard InChI is InChI=1S/C18H26N6O/c1-18(2,3)14-6-7-16(25)24(21-14)12-13-10-23(11-13)15-8-9-19-17(20-15)22(4)5/h6-9,13H,10-12H2,1-5H3. The van der Waals surface area contributed by atoms with Crippen LogP contribution >= 0.6 is 0 Å². The molecule has 0 atom stereocenters. The third-order valence-electron chi connectivity index (χ3n) is 4.38.